The third kappa shape index (κ3) is 2.66. The predicted octanol–water partition coefficient (Wildman–Crippen LogP) is 3.24. The lowest BCUT2D eigenvalue weighted by molar-refractivity contribution is -0.0229. The van der Waals surface area contributed by atoms with Gasteiger partial charge in [-0.25, -0.2) is 0 Å². The molecule has 25 heavy (non-hydrogen) atoms. The first-order valence-corrected chi connectivity index (χ1v) is 8.10. The lowest BCUT2D eigenvalue weighted by Crippen LogP contribution is -2.39. The summed E-state index contributed by atoms with van der Waals surface area (Å²) < 4.78 is 11.3. The molecule has 128 valence electrons. The number of ether oxygens (including phenoxy) is 1. The van der Waals surface area contributed by atoms with Crippen LogP contribution in [0.2, 0.25) is 0 Å². The van der Waals surface area contributed by atoms with Gasteiger partial charge in [0.1, 0.15) is 29.4 Å². The third-order valence-electron chi connectivity index (χ3n) is 4.59. The first-order chi connectivity index (χ1) is 11.8. The van der Waals surface area contributed by atoms with Crippen molar-refractivity contribution in [2.45, 2.75) is 32.0 Å². The maximum absolute atomic E-state index is 12.8. The number of phenols is 1. The van der Waals surface area contributed by atoms with Crippen LogP contribution >= 0.6 is 0 Å². The molecular formula is C20H18O5. The van der Waals surface area contributed by atoms with E-state index in [4.69, 9.17) is 9.15 Å². The van der Waals surface area contributed by atoms with E-state index in [0.29, 0.717) is 23.0 Å². The molecule has 0 fully saturated rings. The summed E-state index contributed by atoms with van der Waals surface area (Å²) in [6, 6.07) is 9.97. The predicted molar refractivity (Wildman–Crippen MR) is 94.0 cm³/mol. The van der Waals surface area contributed by atoms with E-state index in [1.165, 1.54) is 18.4 Å². The van der Waals surface area contributed by atoms with Gasteiger partial charge in [-0.1, -0.05) is 6.07 Å². The van der Waals surface area contributed by atoms with Gasteiger partial charge in [0.05, 0.1) is 16.6 Å². The number of phenolic OH excluding ortho intramolecular Hbond substituents is 1. The van der Waals surface area contributed by atoms with Crippen molar-refractivity contribution in [3.05, 3.63) is 58.4 Å². The van der Waals surface area contributed by atoms with Gasteiger partial charge in [-0.3, -0.25) is 4.79 Å². The van der Waals surface area contributed by atoms with Crippen LogP contribution in [0.5, 0.6) is 11.5 Å². The van der Waals surface area contributed by atoms with Crippen molar-refractivity contribution >= 4 is 11.0 Å². The largest absolute Gasteiger partial charge is 0.508 e. The van der Waals surface area contributed by atoms with Crippen LogP contribution in [0.4, 0.5) is 0 Å². The molecule has 0 radical (unpaired) electrons. The van der Waals surface area contributed by atoms with Crippen molar-refractivity contribution in [2.24, 2.45) is 0 Å². The zero-order valence-corrected chi connectivity index (χ0v) is 13.9. The van der Waals surface area contributed by atoms with Gasteiger partial charge in [0.15, 0.2) is 5.43 Å². The molecular weight excluding hydrogens is 320 g/mol. The van der Waals surface area contributed by atoms with Gasteiger partial charge >= 0.3 is 0 Å². The quantitative estimate of drug-likeness (QED) is 0.750. The van der Waals surface area contributed by atoms with E-state index in [0.717, 1.165) is 16.9 Å². The lowest BCUT2D eigenvalue weighted by atomic mass is 9.95. The molecule has 3 aromatic rings. The van der Waals surface area contributed by atoms with Crippen LogP contribution in [0, 0.1) is 0 Å². The first kappa shape index (κ1) is 15.7. The summed E-state index contributed by atoms with van der Waals surface area (Å²) in [5.41, 5.74) is 1.40. The molecule has 1 aliphatic rings. The number of benzene rings is 2. The maximum Gasteiger partial charge on any atom is 0.200 e. The van der Waals surface area contributed by atoms with E-state index in [-0.39, 0.29) is 17.3 Å². The molecule has 0 saturated carbocycles. The Hall–Kier alpha value is -2.79. The lowest BCUT2D eigenvalue weighted by Gasteiger charge is -2.24. The van der Waals surface area contributed by atoms with E-state index >= 15 is 0 Å². The minimum absolute atomic E-state index is 0.0516. The Kier molecular flexibility index (Phi) is 3.37. The average Bonchev–Trinajstić information content (AvgIpc) is 2.98. The van der Waals surface area contributed by atoms with Gasteiger partial charge in [0.2, 0.25) is 0 Å². The molecule has 1 atom stereocenters. The fourth-order valence-corrected chi connectivity index (χ4v) is 3.13. The molecule has 5 heteroatoms. The molecule has 0 bridgehead atoms. The highest BCUT2D eigenvalue weighted by molar-refractivity contribution is 5.82. The minimum atomic E-state index is -0.941. The Balaban J connectivity index is 1.78. The summed E-state index contributed by atoms with van der Waals surface area (Å²) in [7, 11) is 0. The van der Waals surface area contributed by atoms with E-state index in [9.17, 15) is 15.0 Å². The smallest absolute Gasteiger partial charge is 0.200 e. The van der Waals surface area contributed by atoms with Crippen molar-refractivity contribution in [1.82, 2.24) is 0 Å². The number of rotatable bonds is 2. The highest BCUT2D eigenvalue weighted by atomic mass is 16.5. The molecule has 2 heterocycles. The molecule has 0 saturated heterocycles. The fraction of sp³-hybridized carbons (Fsp3) is 0.250. The van der Waals surface area contributed by atoms with Gasteiger partial charge in [-0.15, -0.1) is 0 Å². The number of aromatic hydroxyl groups is 1. The van der Waals surface area contributed by atoms with Crippen LogP contribution in [0.1, 0.15) is 19.4 Å². The van der Waals surface area contributed by atoms with Crippen molar-refractivity contribution in [3.8, 4) is 22.6 Å². The average molecular weight is 338 g/mol. The van der Waals surface area contributed by atoms with Gasteiger partial charge < -0.3 is 19.4 Å². The Morgan fingerprint density at radius 2 is 1.96 bits per heavy atom. The van der Waals surface area contributed by atoms with E-state index in [1.54, 1.807) is 19.9 Å². The van der Waals surface area contributed by atoms with E-state index < -0.39 is 5.60 Å². The molecule has 0 amide bonds. The van der Waals surface area contributed by atoms with Crippen LogP contribution in [0.15, 0.2) is 51.9 Å². The van der Waals surface area contributed by atoms with Crippen LogP contribution < -0.4 is 10.2 Å². The standard InChI is InChI=1S/C20H18O5/c1-20(2,23)18-8-12-7-11(3-6-16(12)25-18)15-10-24-17-9-13(21)4-5-14(17)19(15)22/h3-7,9-10,18,21,23H,8H2,1-2H3/t18-/m1/s1. The van der Waals surface area contributed by atoms with Gasteiger partial charge in [0, 0.05) is 12.5 Å². The summed E-state index contributed by atoms with van der Waals surface area (Å²) in [5, 5.41) is 20.1. The molecule has 2 aromatic carbocycles. The first-order valence-electron chi connectivity index (χ1n) is 8.10. The molecule has 0 spiro atoms. The van der Waals surface area contributed by atoms with Crippen LogP contribution in [-0.2, 0) is 6.42 Å². The number of aliphatic hydroxyl groups is 1. The van der Waals surface area contributed by atoms with E-state index in [2.05, 4.69) is 0 Å². The zero-order chi connectivity index (χ0) is 17.8. The summed E-state index contributed by atoms with van der Waals surface area (Å²) >= 11 is 0. The number of fused-ring (bicyclic) bond motifs is 2. The molecule has 5 nitrogen and oxygen atoms in total. The van der Waals surface area contributed by atoms with Crippen molar-refractivity contribution in [3.63, 3.8) is 0 Å². The normalized spacial score (nSPS) is 16.7. The van der Waals surface area contributed by atoms with Gasteiger partial charge in [0.25, 0.3) is 0 Å². The molecule has 1 aromatic heterocycles. The van der Waals surface area contributed by atoms with Crippen LogP contribution in [0.3, 0.4) is 0 Å². The molecule has 0 unspecified atom stereocenters. The SMILES string of the molecule is CC(C)(O)[C@H]1Cc2cc(-c3coc4cc(O)ccc4c3=O)ccc2O1. The topological polar surface area (TPSA) is 79.9 Å². The second-order valence-electron chi connectivity index (χ2n) is 6.95. The van der Waals surface area contributed by atoms with Crippen LogP contribution in [-0.4, -0.2) is 21.9 Å². The summed E-state index contributed by atoms with van der Waals surface area (Å²) in [6.07, 6.45) is 1.68. The second-order valence-corrected chi connectivity index (χ2v) is 6.95. The molecule has 0 aliphatic carbocycles. The van der Waals surface area contributed by atoms with Gasteiger partial charge in [-0.2, -0.15) is 0 Å². The molecule has 4 rings (SSSR count). The summed E-state index contributed by atoms with van der Waals surface area (Å²) in [5.74, 6) is 0.779. The Labute approximate surface area is 144 Å². The Morgan fingerprint density at radius 1 is 1.16 bits per heavy atom. The second kappa shape index (κ2) is 5.36. The van der Waals surface area contributed by atoms with Crippen molar-refractivity contribution < 1.29 is 19.4 Å². The zero-order valence-electron chi connectivity index (χ0n) is 13.9. The van der Waals surface area contributed by atoms with E-state index in [1.807, 2.05) is 18.2 Å². The fourth-order valence-electron chi connectivity index (χ4n) is 3.13. The molecule has 2 N–H and O–H groups in total. The maximum atomic E-state index is 12.8. The van der Waals surface area contributed by atoms with Crippen molar-refractivity contribution in [1.29, 1.82) is 0 Å². The summed E-state index contributed by atoms with van der Waals surface area (Å²) in [6.45, 7) is 3.44. The third-order valence-corrected chi connectivity index (χ3v) is 4.59. The van der Waals surface area contributed by atoms with Gasteiger partial charge in [-0.05, 0) is 49.2 Å². The van der Waals surface area contributed by atoms with Crippen LogP contribution in [0.25, 0.3) is 22.1 Å². The highest BCUT2D eigenvalue weighted by Crippen LogP contribution is 2.35. The Bertz CT molecular complexity index is 1030. The number of hydrogen-bond acceptors (Lipinski definition) is 5. The molecule has 1 aliphatic heterocycles. The number of hydrogen-bond donors (Lipinski definition) is 2. The minimum Gasteiger partial charge on any atom is -0.508 e. The monoisotopic (exact) mass is 338 g/mol. The summed E-state index contributed by atoms with van der Waals surface area (Å²) in [4.78, 5) is 12.8. The highest BCUT2D eigenvalue weighted by Gasteiger charge is 2.34. The Morgan fingerprint density at radius 3 is 2.72 bits per heavy atom. The van der Waals surface area contributed by atoms with Crippen molar-refractivity contribution in [2.75, 3.05) is 0 Å².